The number of aliphatic hydroxyl groups excluding tert-OH is 1. The Morgan fingerprint density at radius 3 is 2.62 bits per heavy atom. The van der Waals surface area contributed by atoms with Gasteiger partial charge in [-0.2, -0.15) is 0 Å². The van der Waals surface area contributed by atoms with Gasteiger partial charge in [0.1, 0.15) is 18.4 Å². The van der Waals surface area contributed by atoms with E-state index in [0.717, 1.165) is 24.3 Å². The monoisotopic (exact) mass is 308 g/mol. The molecule has 2 heterocycles. The van der Waals surface area contributed by atoms with Crippen LogP contribution in [0.4, 0.5) is 11.4 Å². The van der Waals surface area contributed by atoms with Crippen molar-refractivity contribution < 1.29 is 22.1 Å². The van der Waals surface area contributed by atoms with E-state index in [1.165, 1.54) is 0 Å². The van der Waals surface area contributed by atoms with Gasteiger partial charge in [0, 0.05) is 17.8 Å². The van der Waals surface area contributed by atoms with Gasteiger partial charge in [0.2, 0.25) is 6.33 Å². The third-order valence-electron chi connectivity index (χ3n) is 4.04. The summed E-state index contributed by atoms with van der Waals surface area (Å²) in [5.41, 5.74) is 7.63. The van der Waals surface area contributed by atoms with E-state index in [1.54, 1.807) is 0 Å². The van der Waals surface area contributed by atoms with Crippen molar-refractivity contribution in [1.29, 1.82) is 0 Å². The van der Waals surface area contributed by atoms with Gasteiger partial charge in [0.15, 0.2) is 0 Å². The van der Waals surface area contributed by atoms with Crippen LogP contribution in [-0.2, 0) is 7.05 Å². The Labute approximate surface area is 131 Å². The van der Waals surface area contributed by atoms with Crippen molar-refractivity contribution in [2.45, 2.75) is 18.5 Å². The molecule has 3 rings (SSSR count). The first-order valence-corrected chi connectivity index (χ1v) is 6.93. The van der Waals surface area contributed by atoms with E-state index >= 15 is 0 Å². The molecule has 1 saturated heterocycles. The number of hydrogen-bond donors (Lipinski definition) is 2. The third kappa shape index (κ3) is 3.14. The van der Waals surface area contributed by atoms with Crippen molar-refractivity contribution in [3.05, 3.63) is 43.0 Å². The van der Waals surface area contributed by atoms with E-state index in [9.17, 15) is 5.11 Å². The fourth-order valence-corrected chi connectivity index (χ4v) is 2.95. The maximum Gasteiger partial charge on any atom is 0.243 e. The van der Waals surface area contributed by atoms with Gasteiger partial charge in [0.05, 0.1) is 26.2 Å². The highest BCUT2D eigenvalue weighted by Crippen LogP contribution is 2.31. The quantitative estimate of drug-likeness (QED) is 0.496. The Bertz CT molecular complexity index is 584. The molecular formula is C15H21ClN4O. The van der Waals surface area contributed by atoms with Crippen LogP contribution in [0.25, 0.3) is 0 Å². The molecule has 2 aromatic rings. The number of nitrogens with zero attached hydrogens (tertiary/aromatic N) is 3. The number of anilines is 2. The Morgan fingerprint density at radius 2 is 2.05 bits per heavy atom. The van der Waals surface area contributed by atoms with Gasteiger partial charge in [-0.25, -0.2) is 9.13 Å². The molecule has 0 spiro atoms. The molecule has 0 saturated carbocycles. The molecule has 2 atom stereocenters. The van der Waals surface area contributed by atoms with Gasteiger partial charge in [0.25, 0.3) is 0 Å². The summed E-state index contributed by atoms with van der Waals surface area (Å²) in [5, 5.41) is 9.64. The molecule has 0 amide bonds. The predicted octanol–water partition coefficient (Wildman–Crippen LogP) is -2.29. The zero-order chi connectivity index (χ0) is 14.1. The van der Waals surface area contributed by atoms with E-state index in [4.69, 9.17) is 5.73 Å². The fourth-order valence-electron chi connectivity index (χ4n) is 2.95. The number of aliphatic hydroxyl groups is 1. The number of imidazole rings is 1. The molecule has 2 unspecified atom stereocenters. The SMILES string of the molecule is C[n+]1ccn(C2CC(CO)N(c3ccc(N)cc3)C2)c1.[Cl-]. The fraction of sp³-hybridized carbons (Fsp3) is 0.400. The van der Waals surface area contributed by atoms with Crippen LogP contribution in [0.5, 0.6) is 0 Å². The number of benzene rings is 1. The molecule has 21 heavy (non-hydrogen) atoms. The second-order valence-electron chi connectivity index (χ2n) is 5.50. The summed E-state index contributed by atoms with van der Waals surface area (Å²) in [6, 6.07) is 8.42. The number of rotatable bonds is 3. The van der Waals surface area contributed by atoms with E-state index < -0.39 is 0 Å². The molecule has 1 aromatic carbocycles. The molecule has 6 heteroatoms. The summed E-state index contributed by atoms with van der Waals surface area (Å²) < 4.78 is 4.26. The maximum absolute atomic E-state index is 9.64. The number of aryl methyl sites for hydroxylation is 1. The summed E-state index contributed by atoms with van der Waals surface area (Å²) in [7, 11) is 2.02. The molecule has 114 valence electrons. The smallest absolute Gasteiger partial charge is 0.243 e. The van der Waals surface area contributed by atoms with E-state index in [-0.39, 0.29) is 25.1 Å². The Hall–Kier alpha value is -1.72. The molecule has 1 aliphatic heterocycles. The average molecular weight is 309 g/mol. The molecule has 1 aromatic heterocycles. The molecule has 1 fully saturated rings. The summed E-state index contributed by atoms with van der Waals surface area (Å²) in [4.78, 5) is 2.27. The summed E-state index contributed by atoms with van der Waals surface area (Å²) in [5.74, 6) is 0. The van der Waals surface area contributed by atoms with Crippen LogP contribution in [0.3, 0.4) is 0 Å². The van der Waals surface area contributed by atoms with Crippen molar-refractivity contribution in [1.82, 2.24) is 4.57 Å². The van der Waals surface area contributed by atoms with Crippen LogP contribution < -0.4 is 27.6 Å². The normalized spacial score (nSPS) is 21.3. The second-order valence-corrected chi connectivity index (χ2v) is 5.50. The van der Waals surface area contributed by atoms with Crippen molar-refractivity contribution in [2.24, 2.45) is 7.05 Å². The Kier molecular flexibility index (Phi) is 4.75. The first-order chi connectivity index (χ1) is 9.67. The van der Waals surface area contributed by atoms with Gasteiger partial charge in [-0.3, -0.25) is 0 Å². The minimum absolute atomic E-state index is 0. The molecule has 3 N–H and O–H groups in total. The highest BCUT2D eigenvalue weighted by atomic mass is 35.5. The first kappa shape index (κ1) is 15.7. The maximum atomic E-state index is 9.64. The molecule has 0 radical (unpaired) electrons. The highest BCUT2D eigenvalue weighted by molar-refractivity contribution is 5.54. The van der Waals surface area contributed by atoms with Crippen LogP contribution in [0.15, 0.2) is 43.0 Å². The van der Waals surface area contributed by atoms with Crippen LogP contribution in [-0.4, -0.2) is 28.9 Å². The molecule has 5 nitrogen and oxygen atoms in total. The predicted molar refractivity (Wildman–Crippen MR) is 78.3 cm³/mol. The van der Waals surface area contributed by atoms with Crippen molar-refractivity contribution in [3.8, 4) is 0 Å². The lowest BCUT2D eigenvalue weighted by atomic mass is 10.2. The van der Waals surface area contributed by atoms with E-state index in [0.29, 0.717) is 6.04 Å². The lowest BCUT2D eigenvalue weighted by molar-refractivity contribution is -0.671. The molecule has 1 aliphatic rings. The lowest BCUT2D eigenvalue weighted by Crippen LogP contribution is -3.00. The Balaban J connectivity index is 0.00000161. The van der Waals surface area contributed by atoms with Crippen molar-refractivity contribution >= 4 is 11.4 Å². The molecular weight excluding hydrogens is 288 g/mol. The minimum Gasteiger partial charge on any atom is -1.00 e. The average Bonchev–Trinajstić information content (AvgIpc) is 3.05. The van der Waals surface area contributed by atoms with Crippen LogP contribution in [0, 0.1) is 0 Å². The second kappa shape index (κ2) is 6.37. The van der Waals surface area contributed by atoms with E-state index in [2.05, 4.69) is 22.0 Å². The number of aromatic nitrogens is 2. The van der Waals surface area contributed by atoms with Crippen LogP contribution in [0.2, 0.25) is 0 Å². The first-order valence-electron chi connectivity index (χ1n) is 6.93. The van der Waals surface area contributed by atoms with Crippen molar-refractivity contribution in [2.75, 3.05) is 23.8 Å². The standard InChI is InChI=1S/C15H21N4O.ClH/c1-17-6-7-18(11-17)14-8-15(10-20)19(9-14)13-4-2-12(16)3-5-13;/h2-7,11,14-15,20H,8-10,16H2,1H3;1H/q+1;/p-1. The highest BCUT2D eigenvalue weighted by Gasteiger charge is 2.35. The van der Waals surface area contributed by atoms with Crippen LogP contribution >= 0.6 is 0 Å². The number of hydrogen-bond acceptors (Lipinski definition) is 3. The third-order valence-corrected chi connectivity index (χ3v) is 4.04. The van der Waals surface area contributed by atoms with Gasteiger partial charge >= 0.3 is 0 Å². The number of nitrogen functional groups attached to an aromatic ring is 1. The molecule has 0 aliphatic carbocycles. The number of halogens is 1. The van der Waals surface area contributed by atoms with Gasteiger partial charge < -0.3 is 28.1 Å². The zero-order valence-corrected chi connectivity index (χ0v) is 12.8. The Morgan fingerprint density at radius 1 is 1.33 bits per heavy atom. The lowest BCUT2D eigenvalue weighted by Gasteiger charge is -2.24. The summed E-state index contributed by atoms with van der Waals surface area (Å²) in [6.45, 7) is 1.08. The van der Waals surface area contributed by atoms with Crippen molar-refractivity contribution in [3.63, 3.8) is 0 Å². The molecule has 0 bridgehead atoms. The number of nitrogens with two attached hydrogens (primary N) is 1. The zero-order valence-electron chi connectivity index (χ0n) is 12.1. The van der Waals surface area contributed by atoms with Gasteiger partial charge in [-0.15, -0.1) is 0 Å². The minimum atomic E-state index is 0. The van der Waals surface area contributed by atoms with E-state index in [1.807, 2.05) is 42.1 Å². The summed E-state index contributed by atoms with van der Waals surface area (Å²) in [6.07, 6.45) is 7.17. The van der Waals surface area contributed by atoms with Gasteiger partial charge in [-0.1, -0.05) is 0 Å². The van der Waals surface area contributed by atoms with Crippen LogP contribution in [0.1, 0.15) is 12.5 Å². The van der Waals surface area contributed by atoms with Gasteiger partial charge in [-0.05, 0) is 24.3 Å². The topological polar surface area (TPSA) is 58.3 Å². The summed E-state index contributed by atoms with van der Waals surface area (Å²) >= 11 is 0. The largest absolute Gasteiger partial charge is 1.00 e.